The summed E-state index contributed by atoms with van der Waals surface area (Å²) in [7, 11) is 0. The fraction of sp³-hybridized carbons (Fsp3) is 1.00. The van der Waals surface area contributed by atoms with Crippen LogP contribution in [0.3, 0.4) is 0 Å². The van der Waals surface area contributed by atoms with Crippen LogP contribution in [0, 0.1) is 11.3 Å². The van der Waals surface area contributed by atoms with Gasteiger partial charge in [0, 0.05) is 6.54 Å². The van der Waals surface area contributed by atoms with Crippen molar-refractivity contribution in [1.29, 1.82) is 0 Å². The van der Waals surface area contributed by atoms with E-state index in [1.165, 1.54) is 25.9 Å². The molecule has 96 valence electrons. The highest BCUT2D eigenvalue weighted by Crippen LogP contribution is 2.37. The molecule has 1 aliphatic rings. The first kappa shape index (κ1) is 14.0. The zero-order valence-electron chi connectivity index (χ0n) is 11.8. The third-order valence-electron chi connectivity index (χ3n) is 4.25. The minimum absolute atomic E-state index is 0.366. The van der Waals surface area contributed by atoms with E-state index < -0.39 is 0 Å². The van der Waals surface area contributed by atoms with E-state index in [9.17, 15) is 0 Å². The molecular formula is C14H29NO. The molecule has 1 saturated heterocycles. The van der Waals surface area contributed by atoms with E-state index in [0.717, 1.165) is 19.1 Å². The Labute approximate surface area is 101 Å². The van der Waals surface area contributed by atoms with Crippen LogP contribution in [0.4, 0.5) is 0 Å². The molecule has 0 bridgehead atoms. The SMILES string of the molecule is CC(C)OCCN1CCC(C)(C(C)C)CC1. The van der Waals surface area contributed by atoms with Crippen molar-refractivity contribution in [3.8, 4) is 0 Å². The van der Waals surface area contributed by atoms with Gasteiger partial charge in [0.1, 0.15) is 0 Å². The predicted octanol–water partition coefficient (Wildman–Crippen LogP) is 3.17. The molecule has 0 aromatic rings. The third-order valence-corrected chi connectivity index (χ3v) is 4.25. The van der Waals surface area contributed by atoms with Gasteiger partial charge in [0.05, 0.1) is 12.7 Å². The van der Waals surface area contributed by atoms with E-state index in [0.29, 0.717) is 11.5 Å². The normalized spacial score (nSPS) is 21.9. The first-order chi connectivity index (χ1) is 7.44. The monoisotopic (exact) mass is 227 g/mol. The number of piperidine rings is 1. The maximum Gasteiger partial charge on any atom is 0.0596 e. The van der Waals surface area contributed by atoms with Gasteiger partial charge in [-0.2, -0.15) is 0 Å². The zero-order chi connectivity index (χ0) is 12.2. The number of nitrogens with zero attached hydrogens (tertiary/aromatic N) is 1. The molecule has 0 aromatic heterocycles. The molecule has 2 nitrogen and oxygen atoms in total. The van der Waals surface area contributed by atoms with Gasteiger partial charge in [-0.3, -0.25) is 0 Å². The van der Waals surface area contributed by atoms with Gasteiger partial charge >= 0.3 is 0 Å². The van der Waals surface area contributed by atoms with Crippen molar-refractivity contribution >= 4 is 0 Å². The van der Waals surface area contributed by atoms with Gasteiger partial charge in [0.25, 0.3) is 0 Å². The lowest BCUT2D eigenvalue weighted by Crippen LogP contribution is -2.42. The maximum atomic E-state index is 5.60. The third kappa shape index (κ3) is 4.06. The van der Waals surface area contributed by atoms with Crippen LogP contribution in [-0.2, 0) is 4.74 Å². The van der Waals surface area contributed by atoms with Gasteiger partial charge in [0.2, 0.25) is 0 Å². The number of likely N-dealkylation sites (tertiary alicyclic amines) is 1. The van der Waals surface area contributed by atoms with Gasteiger partial charge in [-0.05, 0) is 51.1 Å². The molecule has 0 spiro atoms. The highest BCUT2D eigenvalue weighted by Gasteiger charge is 2.32. The maximum absolute atomic E-state index is 5.60. The number of rotatable bonds is 5. The second-order valence-corrected chi connectivity index (χ2v) is 6.07. The molecule has 0 aromatic carbocycles. The Hall–Kier alpha value is -0.0800. The van der Waals surface area contributed by atoms with Crippen molar-refractivity contribution < 1.29 is 4.74 Å². The Bertz CT molecular complexity index is 193. The minimum atomic E-state index is 0.366. The fourth-order valence-electron chi connectivity index (χ4n) is 2.28. The van der Waals surface area contributed by atoms with Crippen LogP contribution >= 0.6 is 0 Å². The quantitative estimate of drug-likeness (QED) is 0.715. The number of ether oxygens (including phenoxy) is 1. The molecule has 1 aliphatic heterocycles. The smallest absolute Gasteiger partial charge is 0.0596 e. The van der Waals surface area contributed by atoms with Gasteiger partial charge in [0.15, 0.2) is 0 Å². The highest BCUT2D eigenvalue weighted by atomic mass is 16.5. The topological polar surface area (TPSA) is 12.5 Å². The van der Waals surface area contributed by atoms with Crippen molar-refractivity contribution in [2.24, 2.45) is 11.3 Å². The van der Waals surface area contributed by atoms with Crippen molar-refractivity contribution in [1.82, 2.24) is 4.90 Å². The van der Waals surface area contributed by atoms with E-state index in [1.807, 2.05) is 0 Å². The molecule has 0 amide bonds. The molecule has 2 heteroatoms. The van der Waals surface area contributed by atoms with Crippen LogP contribution in [0.15, 0.2) is 0 Å². The number of hydrogen-bond donors (Lipinski definition) is 0. The van der Waals surface area contributed by atoms with Gasteiger partial charge in [-0.1, -0.05) is 20.8 Å². The van der Waals surface area contributed by atoms with E-state index >= 15 is 0 Å². The molecule has 0 atom stereocenters. The lowest BCUT2D eigenvalue weighted by Gasteiger charge is -2.42. The van der Waals surface area contributed by atoms with Crippen molar-refractivity contribution in [3.63, 3.8) is 0 Å². The van der Waals surface area contributed by atoms with Crippen LogP contribution in [-0.4, -0.2) is 37.2 Å². The Morgan fingerprint density at radius 1 is 1.12 bits per heavy atom. The van der Waals surface area contributed by atoms with E-state index in [-0.39, 0.29) is 0 Å². The lowest BCUT2D eigenvalue weighted by atomic mass is 9.72. The summed E-state index contributed by atoms with van der Waals surface area (Å²) in [6.45, 7) is 15.8. The standard InChI is InChI=1S/C14H29NO/c1-12(2)14(5)6-8-15(9-7-14)10-11-16-13(3)4/h12-13H,6-11H2,1-5H3. The minimum Gasteiger partial charge on any atom is -0.377 e. The molecule has 0 unspecified atom stereocenters. The first-order valence-corrected chi connectivity index (χ1v) is 6.78. The second kappa shape index (κ2) is 6.02. The lowest BCUT2D eigenvalue weighted by molar-refractivity contribution is 0.0305. The molecule has 0 aliphatic carbocycles. The van der Waals surface area contributed by atoms with Crippen LogP contribution in [0.1, 0.15) is 47.5 Å². The summed E-state index contributed by atoms with van der Waals surface area (Å²) in [5.41, 5.74) is 0.565. The Kier molecular flexibility index (Phi) is 5.26. The van der Waals surface area contributed by atoms with Crippen molar-refractivity contribution in [2.75, 3.05) is 26.2 Å². The van der Waals surface area contributed by atoms with Crippen LogP contribution in [0.5, 0.6) is 0 Å². The molecule has 0 radical (unpaired) electrons. The van der Waals surface area contributed by atoms with Crippen molar-refractivity contribution in [3.05, 3.63) is 0 Å². The van der Waals surface area contributed by atoms with Gasteiger partial charge in [-0.15, -0.1) is 0 Å². The Morgan fingerprint density at radius 3 is 2.12 bits per heavy atom. The largest absolute Gasteiger partial charge is 0.377 e. The highest BCUT2D eigenvalue weighted by molar-refractivity contribution is 4.84. The van der Waals surface area contributed by atoms with Crippen molar-refractivity contribution in [2.45, 2.75) is 53.6 Å². The molecule has 0 saturated carbocycles. The summed E-state index contributed by atoms with van der Waals surface area (Å²) in [4.78, 5) is 2.55. The molecule has 0 N–H and O–H groups in total. The van der Waals surface area contributed by atoms with Crippen LogP contribution in [0.2, 0.25) is 0 Å². The van der Waals surface area contributed by atoms with Crippen LogP contribution < -0.4 is 0 Å². The number of hydrogen-bond acceptors (Lipinski definition) is 2. The van der Waals surface area contributed by atoms with Gasteiger partial charge < -0.3 is 9.64 Å². The molecule has 1 rings (SSSR count). The zero-order valence-corrected chi connectivity index (χ0v) is 11.8. The summed E-state index contributed by atoms with van der Waals surface area (Å²) in [6.07, 6.45) is 3.05. The summed E-state index contributed by atoms with van der Waals surface area (Å²) in [5.74, 6) is 0.807. The molecule has 1 heterocycles. The molecule has 1 fully saturated rings. The fourth-order valence-corrected chi connectivity index (χ4v) is 2.28. The summed E-state index contributed by atoms with van der Waals surface area (Å²) < 4.78 is 5.60. The van der Waals surface area contributed by atoms with Crippen LogP contribution in [0.25, 0.3) is 0 Å². The summed E-state index contributed by atoms with van der Waals surface area (Å²) >= 11 is 0. The van der Waals surface area contributed by atoms with E-state index in [2.05, 4.69) is 39.5 Å². The summed E-state index contributed by atoms with van der Waals surface area (Å²) in [5, 5.41) is 0. The van der Waals surface area contributed by atoms with Gasteiger partial charge in [-0.25, -0.2) is 0 Å². The predicted molar refractivity (Wildman–Crippen MR) is 69.7 cm³/mol. The van der Waals surface area contributed by atoms with E-state index in [1.54, 1.807) is 0 Å². The van der Waals surface area contributed by atoms with E-state index in [4.69, 9.17) is 4.74 Å². The average molecular weight is 227 g/mol. The average Bonchev–Trinajstić information content (AvgIpc) is 2.20. The Morgan fingerprint density at radius 2 is 1.69 bits per heavy atom. The second-order valence-electron chi connectivity index (χ2n) is 6.07. The molecular weight excluding hydrogens is 198 g/mol. The molecule has 16 heavy (non-hydrogen) atoms. The first-order valence-electron chi connectivity index (χ1n) is 6.78. The Balaban J connectivity index is 2.22. The summed E-state index contributed by atoms with van der Waals surface area (Å²) in [6, 6.07) is 0.